The Hall–Kier alpha value is -0.600. The van der Waals surface area contributed by atoms with Gasteiger partial charge < -0.3 is 5.73 Å². The Bertz CT molecular complexity index is 437. The Balaban J connectivity index is 1.86. The summed E-state index contributed by atoms with van der Waals surface area (Å²) in [7, 11) is 0. The molecule has 2 saturated carbocycles. The van der Waals surface area contributed by atoms with Crippen LogP contribution in [0.25, 0.3) is 0 Å². The van der Waals surface area contributed by atoms with Crippen molar-refractivity contribution >= 4 is 11.6 Å². The number of halogens is 2. The number of rotatable bonds is 1. The highest BCUT2D eigenvalue weighted by atomic mass is 35.5. The van der Waals surface area contributed by atoms with Crippen LogP contribution in [-0.2, 0) is 5.54 Å². The average molecular weight is 268 g/mol. The van der Waals surface area contributed by atoms with Crippen LogP contribution in [0.2, 0.25) is 5.02 Å². The van der Waals surface area contributed by atoms with Gasteiger partial charge in [0.2, 0.25) is 0 Å². The molecule has 1 aromatic carbocycles. The molecule has 0 unspecified atom stereocenters. The van der Waals surface area contributed by atoms with Crippen molar-refractivity contribution in [1.82, 2.24) is 0 Å². The van der Waals surface area contributed by atoms with Gasteiger partial charge in [-0.25, -0.2) is 4.39 Å². The molecular weight excluding hydrogens is 249 g/mol. The van der Waals surface area contributed by atoms with Crippen molar-refractivity contribution in [3.8, 4) is 0 Å². The predicted octanol–water partition coefficient (Wildman–Crippen LogP) is 4.38. The molecule has 2 fully saturated rings. The lowest BCUT2D eigenvalue weighted by Gasteiger charge is -2.57. The topological polar surface area (TPSA) is 26.0 Å². The van der Waals surface area contributed by atoms with Gasteiger partial charge in [-0.2, -0.15) is 0 Å². The van der Waals surface area contributed by atoms with Crippen molar-refractivity contribution in [3.05, 3.63) is 34.6 Å². The van der Waals surface area contributed by atoms with E-state index in [1.807, 2.05) is 0 Å². The van der Waals surface area contributed by atoms with E-state index in [0.29, 0.717) is 16.0 Å². The second-order valence-corrected chi connectivity index (χ2v) is 6.57. The summed E-state index contributed by atoms with van der Waals surface area (Å²) >= 11 is 6.13. The SMILES string of the molecule is NC1(c2c(F)cccc2Cl)CC2(CCCCC2)C1. The van der Waals surface area contributed by atoms with E-state index < -0.39 is 5.54 Å². The first-order valence-corrected chi connectivity index (χ1v) is 7.16. The quantitative estimate of drug-likeness (QED) is 0.803. The summed E-state index contributed by atoms with van der Waals surface area (Å²) < 4.78 is 14.0. The molecule has 3 rings (SSSR count). The maximum atomic E-state index is 14.0. The minimum atomic E-state index is -0.542. The third-order valence-corrected chi connectivity index (χ3v) is 5.07. The van der Waals surface area contributed by atoms with Crippen LogP contribution in [0, 0.1) is 11.2 Å². The van der Waals surface area contributed by atoms with Gasteiger partial charge in [-0.15, -0.1) is 0 Å². The molecule has 0 aromatic heterocycles. The summed E-state index contributed by atoms with van der Waals surface area (Å²) in [6.07, 6.45) is 8.19. The van der Waals surface area contributed by atoms with E-state index in [1.165, 1.54) is 38.2 Å². The fourth-order valence-electron chi connectivity index (χ4n) is 4.09. The lowest BCUT2D eigenvalue weighted by atomic mass is 9.51. The first-order chi connectivity index (χ1) is 8.55. The molecule has 2 aliphatic rings. The highest BCUT2D eigenvalue weighted by molar-refractivity contribution is 6.31. The van der Waals surface area contributed by atoms with E-state index in [0.717, 1.165) is 12.8 Å². The van der Waals surface area contributed by atoms with Gasteiger partial charge in [0.1, 0.15) is 5.82 Å². The smallest absolute Gasteiger partial charge is 0.129 e. The van der Waals surface area contributed by atoms with E-state index in [1.54, 1.807) is 12.1 Å². The molecule has 0 atom stereocenters. The Morgan fingerprint density at radius 2 is 1.78 bits per heavy atom. The lowest BCUT2D eigenvalue weighted by molar-refractivity contribution is -0.0116. The molecule has 0 amide bonds. The van der Waals surface area contributed by atoms with E-state index in [-0.39, 0.29) is 5.82 Å². The highest BCUT2D eigenvalue weighted by Crippen LogP contribution is 2.60. The van der Waals surface area contributed by atoms with E-state index in [4.69, 9.17) is 17.3 Å². The fourth-order valence-corrected chi connectivity index (χ4v) is 4.44. The molecule has 98 valence electrons. The summed E-state index contributed by atoms with van der Waals surface area (Å²) in [4.78, 5) is 0. The third-order valence-electron chi connectivity index (χ3n) is 4.76. The van der Waals surface area contributed by atoms with Gasteiger partial charge in [-0.05, 0) is 43.2 Å². The van der Waals surface area contributed by atoms with Crippen LogP contribution in [0.3, 0.4) is 0 Å². The zero-order valence-electron chi connectivity index (χ0n) is 10.5. The predicted molar refractivity (Wildman–Crippen MR) is 72.0 cm³/mol. The van der Waals surface area contributed by atoms with Crippen LogP contribution in [-0.4, -0.2) is 0 Å². The third kappa shape index (κ3) is 1.86. The van der Waals surface area contributed by atoms with Crippen molar-refractivity contribution in [2.75, 3.05) is 0 Å². The Labute approximate surface area is 113 Å². The largest absolute Gasteiger partial charge is 0.321 e. The summed E-state index contributed by atoms with van der Waals surface area (Å²) in [5, 5.41) is 0.475. The summed E-state index contributed by atoms with van der Waals surface area (Å²) in [5.74, 6) is -0.254. The second-order valence-electron chi connectivity index (χ2n) is 6.17. The van der Waals surface area contributed by atoms with Gasteiger partial charge in [0.15, 0.2) is 0 Å². The lowest BCUT2D eigenvalue weighted by Crippen LogP contribution is -2.56. The van der Waals surface area contributed by atoms with Crippen molar-refractivity contribution < 1.29 is 4.39 Å². The maximum Gasteiger partial charge on any atom is 0.129 e. The van der Waals surface area contributed by atoms with Crippen molar-refractivity contribution in [2.24, 2.45) is 11.1 Å². The molecular formula is C15H19ClFN. The van der Waals surface area contributed by atoms with Crippen LogP contribution in [0.15, 0.2) is 18.2 Å². The first-order valence-electron chi connectivity index (χ1n) is 6.78. The molecule has 18 heavy (non-hydrogen) atoms. The zero-order valence-corrected chi connectivity index (χ0v) is 11.3. The van der Waals surface area contributed by atoms with Crippen LogP contribution < -0.4 is 5.73 Å². The van der Waals surface area contributed by atoms with Gasteiger partial charge in [-0.3, -0.25) is 0 Å². The minimum Gasteiger partial charge on any atom is -0.321 e. The van der Waals surface area contributed by atoms with Crippen molar-refractivity contribution in [2.45, 2.75) is 50.5 Å². The van der Waals surface area contributed by atoms with E-state index in [2.05, 4.69) is 0 Å². The van der Waals surface area contributed by atoms with E-state index >= 15 is 0 Å². The summed E-state index contributed by atoms with van der Waals surface area (Å²) in [5.41, 5.74) is 6.77. The molecule has 1 nitrogen and oxygen atoms in total. The number of benzene rings is 1. The summed E-state index contributed by atoms with van der Waals surface area (Å²) in [6, 6.07) is 4.84. The van der Waals surface area contributed by atoms with Gasteiger partial charge >= 0.3 is 0 Å². The second kappa shape index (κ2) is 4.21. The zero-order chi connectivity index (χ0) is 12.8. The van der Waals surface area contributed by atoms with Gasteiger partial charge in [0.05, 0.1) is 0 Å². The molecule has 0 heterocycles. The fraction of sp³-hybridized carbons (Fsp3) is 0.600. The van der Waals surface area contributed by atoms with E-state index in [9.17, 15) is 4.39 Å². The molecule has 2 aliphatic carbocycles. The molecule has 0 radical (unpaired) electrons. The molecule has 0 saturated heterocycles. The number of hydrogen-bond donors (Lipinski definition) is 1. The highest BCUT2D eigenvalue weighted by Gasteiger charge is 2.54. The summed E-state index contributed by atoms with van der Waals surface area (Å²) in [6.45, 7) is 0. The van der Waals surface area contributed by atoms with Crippen molar-refractivity contribution in [3.63, 3.8) is 0 Å². The monoisotopic (exact) mass is 267 g/mol. The molecule has 0 aliphatic heterocycles. The first kappa shape index (κ1) is 12.4. The molecule has 2 N–H and O–H groups in total. The molecule has 3 heteroatoms. The van der Waals surface area contributed by atoms with Gasteiger partial charge in [0.25, 0.3) is 0 Å². The van der Waals surface area contributed by atoms with Crippen molar-refractivity contribution in [1.29, 1.82) is 0 Å². The molecule has 0 bridgehead atoms. The van der Waals surface area contributed by atoms with Crippen LogP contribution in [0.5, 0.6) is 0 Å². The van der Waals surface area contributed by atoms with Crippen LogP contribution in [0.1, 0.15) is 50.5 Å². The molecule has 1 spiro atoms. The average Bonchev–Trinajstić information content (AvgIpc) is 2.28. The van der Waals surface area contributed by atoms with Gasteiger partial charge in [0, 0.05) is 16.1 Å². The van der Waals surface area contributed by atoms with Crippen LogP contribution >= 0.6 is 11.6 Å². The maximum absolute atomic E-state index is 14.0. The standard InChI is InChI=1S/C15H19ClFN/c16-11-5-4-6-12(17)13(11)15(18)9-14(10-15)7-2-1-3-8-14/h4-6H,1-3,7-10,18H2. The van der Waals surface area contributed by atoms with Gasteiger partial charge in [-0.1, -0.05) is 36.9 Å². The molecule has 1 aromatic rings. The Morgan fingerprint density at radius 3 is 2.39 bits per heavy atom. The van der Waals surface area contributed by atoms with Crippen LogP contribution in [0.4, 0.5) is 4.39 Å². The number of nitrogens with two attached hydrogens (primary N) is 1. The Morgan fingerprint density at radius 1 is 1.11 bits per heavy atom. The number of hydrogen-bond acceptors (Lipinski definition) is 1. The minimum absolute atomic E-state index is 0.254. The normalized spacial score (nSPS) is 24.8. The Kier molecular flexibility index (Phi) is 2.91.